The predicted octanol–water partition coefficient (Wildman–Crippen LogP) is 4.00. The number of hydrogen-bond donors (Lipinski definition) is 1. The lowest BCUT2D eigenvalue weighted by atomic mass is 10.1. The van der Waals surface area contributed by atoms with Gasteiger partial charge in [-0.25, -0.2) is 32.7 Å². The van der Waals surface area contributed by atoms with E-state index in [9.17, 15) is 34.8 Å². The van der Waals surface area contributed by atoms with Crippen LogP contribution in [0.25, 0.3) is 28.3 Å². The molecule has 0 unspecified atom stereocenters. The van der Waals surface area contributed by atoms with Gasteiger partial charge in [-0.2, -0.15) is 31.4 Å². The maximum Gasteiger partial charge on any atom is 0.435 e. The zero-order valence-corrected chi connectivity index (χ0v) is 22.8. The largest absolute Gasteiger partial charge is 0.435 e. The predicted molar refractivity (Wildman–Crippen MR) is 138 cm³/mol. The Balaban J connectivity index is 1.48. The first-order valence-corrected chi connectivity index (χ1v) is 14.2. The van der Waals surface area contributed by atoms with Gasteiger partial charge in [-0.3, -0.25) is 4.68 Å². The Morgan fingerprint density at radius 1 is 0.929 bits per heavy atom. The molecule has 1 fully saturated rings. The fourth-order valence-electron chi connectivity index (χ4n) is 4.53. The summed E-state index contributed by atoms with van der Waals surface area (Å²) in [5.41, 5.74) is -3.58. The number of halogens is 6. The van der Waals surface area contributed by atoms with Crippen molar-refractivity contribution in [1.82, 2.24) is 38.6 Å². The number of rotatable bonds is 6. The average Bonchev–Trinajstić information content (AvgIpc) is 3.57. The zero-order chi connectivity index (χ0) is 30.4. The van der Waals surface area contributed by atoms with Crippen LogP contribution in [0.3, 0.4) is 0 Å². The van der Waals surface area contributed by atoms with Crippen molar-refractivity contribution in [1.29, 1.82) is 0 Å². The van der Waals surface area contributed by atoms with Crippen molar-refractivity contribution in [2.45, 2.75) is 31.2 Å². The maximum atomic E-state index is 14.0. The summed E-state index contributed by atoms with van der Waals surface area (Å²) in [7, 11) is -1.78. The van der Waals surface area contributed by atoms with Crippen LogP contribution in [0.2, 0.25) is 0 Å². The highest BCUT2D eigenvalue weighted by molar-refractivity contribution is 7.88. The number of imidazole rings is 1. The quantitative estimate of drug-likeness (QED) is 0.323. The Hall–Kier alpha value is -4.06. The number of alkyl halides is 6. The Labute approximate surface area is 235 Å². The summed E-state index contributed by atoms with van der Waals surface area (Å²) in [5.74, 6) is -0.163. The lowest BCUT2D eigenvalue weighted by Crippen LogP contribution is -2.42. The Morgan fingerprint density at radius 2 is 1.64 bits per heavy atom. The molecule has 5 rings (SSSR count). The number of piperidine rings is 1. The van der Waals surface area contributed by atoms with Crippen LogP contribution in [-0.2, 0) is 29.4 Å². The third-order valence-electron chi connectivity index (χ3n) is 6.60. The molecule has 1 aliphatic heterocycles. The van der Waals surface area contributed by atoms with Gasteiger partial charge >= 0.3 is 12.4 Å². The summed E-state index contributed by atoms with van der Waals surface area (Å²) < 4.78 is 111. The SMILES string of the molecule is Cn1cc(-c2ccc(-n3cnc(-c4nc(NC5CCN(S(C)(=O)=O)CC5)ncc4C(F)(F)F)c3)c(C(F)(F)F)n2)cn1. The molecule has 18 heteroatoms. The topological polar surface area (TPSA) is 124 Å². The molecule has 1 N–H and O–H groups in total. The van der Waals surface area contributed by atoms with E-state index in [-0.39, 0.29) is 36.5 Å². The second-order valence-corrected chi connectivity index (χ2v) is 11.6. The third-order valence-corrected chi connectivity index (χ3v) is 7.90. The summed E-state index contributed by atoms with van der Waals surface area (Å²) in [4.78, 5) is 15.5. The number of sulfonamides is 1. The number of nitrogens with zero attached hydrogens (tertiary/aromatic N) is 8. The molecule has 0 radical (unpaired) electrons. The number of hydrogen-bond acceptors (Lipinski definition) is 8. The fraction of sp³-hybridized carbons (Fsp3) is 0.375. The highest BCUT2D eigenvalue weighted by Gasteiger charge is 2.38. The zero-order valence-electron chi connectivity index (χ0n) is 22.0. The van der Waals surface area contributed by atoms with Crippen LogP contribution >= 0.6 is 0 Å². The molecule has 0 amide bonds. The van der Waals surface area contributed by atoms with Gasteiger partial charge in [0.25, 0.3) is 0 Å². The highest BCUT2D eigenvalue weighted by atomic mass is 32.2. The van der Waals surface area contributed by atoms with Crippen LogP contribution in [0.5, 0.6) is 0 Å². The second kappa shape index (κ2) is 10.6. The van der Waals surface area contributed by atoms with Crippen molar-refractivity contribution >= 4 is 16.0 Å². The van der Waals surface area contributed by atoms with Gasteiger partial charge in [0, 0.05) is 50.3 Å². The smallest absolute Gasteiger partial charge is 0.351 e. The van der Waals surface area contributed by atoms with Gasteiger partial charge in [0.05, 0.1) is 23.8 Å². The fourth-order valence-corrected chi connectivity index (χ4v) is 5.40. The average molecular weight is 616 g/mol. The monoisotopic (exact) mass is 615 g/mol. The van der Waals surface area contributed by atoms with Gasteiger partial charge in [0.2, 0.25) is 16.0 Å². The van der Waals surface area contributed by atoms with Gasteiger partial charge in [0.15, 0.2) is 5.69 Å². The second-order valence-electron chi connectivity index (χ2n) is 9.67. The van der Waals surface area contributed by atoms with Crippen molar-refractivity contribution in [2.75, 3.05) is 24.7 Å². The summed E-state index contributed by atoms with van der Waals surface area (Å²) in [5, 5.41) is 6.85. The number of nitrogens with one attached hydrogen (secondary N) is 1. The van der Waals surface area contributed by atoms with Crippen LogP contribution in [-0.4, -0.2) is 72.4 Å². The molecule has 1 saturated heterocycles. The number of anilines is 1. The lowest BCUT2D eigenvalue weighted by Gasteiger charge is -2.30. The van der Waals surface area contributed by atoms with E-state index in [1.165, 1.54) is 27.4 Å². The maximum absolute atomic E-state index is 14.0. The molecule has 1 aliphatic rings. The molecule has 0 spiro atoms. The van der Waals surface area contributed by atoms with Crippen molar-refractivity contribution in [3.05, 3.63) is 54.5 Å². The molecule has 224 valence electrons. The first-order chi connectivity index (χ1) is 19.6. The Kier molecular flexibility index (Phi) is 7.46. The van der Waals surface area contributed by atoms with Gasteiger partial charge in [0.1, 0.15) is 23.3 Å². The van der Waals surface area contributed by atoms with Crippen molar-refractivity contribution < 1.29 is 34.8 Å². The number of aryl methyl sites for hydroxylation is 1. The van der Waals surface area contributed by atoms with E-state index in [4.69, 9.17) is 0 Å². The van der Waals surface area contributed by atoms with E-state index in [1.54, 1.807) is 7.05 Å². The summed E-state index contributed by atoms with van der Waals surface area (Å²) >= 11 is 0. The normalized spacial score (nSPS) is 15.7. The minimum atomic E-state index is -4.90. The van der Waals surface area contributed by atoms with Crippen LogP contribution in [0.15, 0.2) is 43.2 Å². The molecule has 4 aromatic rings. The van der Waals surface area contributed by atoms with Crippen molar-refractivity contribution in [3.63, 3.8) is 0 Å². The van der Waals surface area contributed by atoms with E-state index < -0.39 is 45.0 Å². The molecule has 0 aromatic carbocycles. The van der Waals surface area contributed by atoms with E-state index in [0.717, 1.165) is 29.4 Å². The third kappa shape index (κ3) is 6.23. The highest BCUT2D eigenvalue weighted by Crippen LogP contribution is 2.38. The lowest BCUT2D eigenvalue weighted by molar-refractivity contribution is -0.141. The summed E-state index contributed by atoms with van der Waals surface area (Å²) in [6.07, 6.45) is -2.60. The van der Waals surface area contributed by atoms with Crippen molar-refractivity contribution in [3.8, 4) is 28.3 Å². The summed E-state index contributed by atoms with van der Waals surface area (Å²) in [6, 6.07) is 2.16. The van der Waals surface area contributed by atoms with Gasteiger partial charge < -0.3 is 9.88 Å². The molecular formula is C24H23F6N9O2S. The molecule has 4 aromatic heterocycles. The first kappa shape index (κ1) is 29.4. The van der Waals surface area contributed by atoms with Crippen LogP contribution in [0.4, 0.5) is 32.3 Å². The molecule has 0 bridgehead atoms. The van der Waals surface area contributed by atoms with Crippen LogP contribution < -0.4 is 5.32 Å². The van der Waals surface area contributed by atoms with E-state index >= 15 is 0 Å². The van der Waals surface area contributed by atoms with E-state index in [1.807, 2.05) is 0 Å². The van der Waals surface area contributed by atoms with E-state index in [0.29, 0.717) is 24.6 Å². The number of aromatic nitrogens is 7. The van der Waals surface area contributed by atoms with Gasteiger partial charge in [-0.05, 0) is 25.0 Å². The minimum absolute atomic E-state index is 0.00718. The van der Waals surface area contributed by atoms with Gasteiger partial charge in [-0.15, -0.1) is 0 Å². The number of pyridine rings is 1. The van der Waals surface area contributed by atoms with Crippen LogP contribution in [0.1, 0.15) is 24.1 Å². The molecule has 11 nitrogen and oxygen atoms in total. The molecular weight excluding hydrogens is 592 g/mol. The Bertz CT molecular complexity index is 1710. The first-order valence-electron chi connectivity index (χ1n) is 12.4. The Morgan fingerprint density at radius 3 is 2.24 bits per heavy atom. The molecule has 0 aliphatic carbocycles. The standard InChI is InChI=1S/C24H23F6N9O2S/c1-37-11-14(9-33-37)17-3-4-19(21(35-17)24(28,29)30)38-12-18(32-13-38)20-16(23(25,26)27)10-31-22(36-20)34-15-5-7-39(8-6-15)42(2,40)41/h3-4,9-13,15H,5-8H2,1-2H3,(H,31,34,36). The molecule has 42 heavy (non-hydrogen) atoms. The molecule has 0 atom stereocenters. The van der Waals surface area contributed by atoms with Gasteiger partial charge in [-0.1, -0.05) is 0 Å². The van der Waals surface area contributed by atoms with E-state index in [2.05, 4.69) is 30.4 Å². The molecule has 0 saturated carbocycles. The van der Waals surface area contributed by atoms with Crippen molar-refractivity contribution in [2.24, 2.45) is 7.05 Å². The summed E-state index contributed by atoms with van der Waals surface area (Å²) in [6.45, 7) is 0.424. The molecule has 5 heterocycles. The minimum Gasteiger partial charge on any atom is -0.351 e. The van der Waals surface area contributed by atoms with Crippen LogP contribution in [0, 0.1) is 0 Å².